The summed E-state index contributed by atoms with van der Waals surface area (Å²) in [5.41, 5.74) is 3.12. The van der Waals surface area contributed by atoms with Crippen molar-refractivity contribution in [2.45, 2.75) is 6.92 Å². The molecule has 0 atom stereocenters. The van der Waals surface area contributed by atoms with Gasteiger partial charge in [0.25, 0.3) is 0 Å². The van der Waals surface area contributed by atoms with E-state index < -0.39 is 5.97 Å². The lowest BCUT2D eigenvalue weighted by molar-refractivity contribution is 0.0521. The lowest BCUT2D eigenvalue weighted by Crippen LogP contribution is -2.06. The maximum absolute atomic E-state index is 12.5. The lowest BCUT2D eigenvalue weighted by atomic mass is 10.00. The van der Waals surface area contributed by atoms with E-state index >= 15 is 0 Å². The highest BCUT2D eigenvalue weighted by molar-refractivity contribution is 6.15. The molecule has 4 aromatic rings. The molecule has 6 nitrogen and oxygen atoms in total. The van der Waals surface area contributed by atoms with Crippen molar-refractivity contribution in [1.82, 2.24) is 9.97 Å². The minimum atomic E-state index is -0.462. The van der Waals surface area contributed by atoms with Gasteiger partial charge in [-0.25, -0.2) is 4.79 Å². The first-order chi connectivity index (χ1) is 12.2. The van der Waals surface area contributed by atoms with Crippen LogP contribution in [0.1, 0.15) is 17.4 Å². The van der Waals surface area contributed by atoms with Crippen LogP contribution < -0.4 is 0 Å². The van der Waals surface area contributed by atoms with E-state index in [0.717, 1.165) is 21.8 Å². The molecule has 2 heterocycles. The van der Waals surface area contributed by atoms with Gasteiger partial charge in [0.1, 0.15) is 5.69 Å². The number of hydrogen-bond acceptors (Lipinski definition) is 4. The fourth-order valence-electron chi connectivity index (χ4n) is 3.21. The standard InChI is InChI=1S/C19H15N3O3/c1-2-25-19(23)17-15(11-7-3-5-9-13(11)20-17)16-12-8-4-6-10-14(12)21-18(16)22-24/h3-10,20-21H,2H2,1H3. The Labute approximate surface area is 142 Å². The molecule has 6 heteroatoms. The van der Waals surface area contributed by atoms with E-state index in [1.165, 1.54) is 0 Å². The third-order valence-electron chi connectivity index (χ3n) is 4.21. The number of nitrogens with zero attached hydrogens (tertiary/aromatic N) is 1. The molecular formula is C19H15N3O3. The van der Waals surface area contributed by atoms with Crippen molar-refractivity contribution in [3.8, 4) is 11.1 Å². The van der Waals surface area contributed by atoms with Crippen molar-refractivity contribution in [2.24, 2.45) is 5.18 Å². The molecule has 2 aromatic heterocycles. The maximum atomic E-state index is 12.5. The van der Waals surface area contributed by atoms with Crippen LogP contribution in [0, 0.1) is 4.91 Å². The number of nitrogens with one attached hydrogen (secondary N) is 2. The normalized spacial score (nSPS) is 11.1. The van der Waals surface area contributed by atoms with Crippen LogP contribution in [0.25, 0.3) is 32.9 Å². The SMILES string of the molecule is CCOC(=O)c1[nH]c2ccccc2c1-c1c(N=O)[nH]c2ccccc12. The van der Waals surface area contributed by atoms with Crippen LogP contribution in [0.4, 0.5) is 5.82 Å². The number of aromatic amines is 2. The molecule has 4 rings (SSSR count). The van der Waals surface area contributed by atoms with Crippen molar-refractivity contribution in [3.63, 3.8) is 0 Å². The van der Waals surface area contributed by atoms with E-state index in [1.54, 1.807) is 6.92 Å². The Morgan fingerprint density at radius 3 is 2.20 bits per heavy atom. The van der Waals surface area contributed by atoms with E-state index in [1.807, 2.05) is 48.5 Å². The predicted molar refractivity (Wildman–Crippen MR) is 97.0 cm³/mol. The first-order valence-corrected chi connectivity index (χ1v) is 7.96. The second-order valence-corrected chi connectivity index (χ2v) is 5.63. The summed E-state index contributed by atoms with van der Waals surface area (Å²) in [5.74, 6) is -0.271. The van der Waals surface area contributed by atoms with Gasteiger partial charge < -0.3 is 14.7 Å². The predicted octanol–water partition coefficient (Wildman–Crippen LogP) is 4.89. The van der Waals surface area contributed by atoms with Gasteiger partial charge in [0.2, 0.25) is 0 Å². The van der Waals surface area contributed by atoms with Crippen LogP contribution >= 0.6 is 0 Å². The first kappa shape index (κ1) is 15.1. The molecule has 25 heavy (non-hydrogen) atoms. The van der Waals surface area contributed by atoms with Crippen molar-refractivity contribution in [3.05, 3.63) is 59.1 Å². The van der Waals surface area contributed by atoms with Crippen molar-refractivity contribution < 1.29 is 9.53 Å². The Morgan fingerprint density at radius 2 is 1.56 bits per heavy atom. The molecule has 0 amide bonds. The Hall–Kier alpha value is -3.41. The number of H-pyrrole nitrogens is 2. The summed E-state index contributed by atoms with van der Waals surface area (Å²) in [6.07, 6.45) is 0. The Morgan fingerprint density at radius 1 is 0.960 bits per heavy atom. The average Bonchev–Trinajstić information content (AvgIpc) is 3.19. The number of benzene rings is 2. The number of para-hydroxylation sites is 2. The fourth-order valence-corrected chi connectivity index (χ4v) is 3.21. The van der Waals surface area contributed by atoms with Gasteiger partial charge in [-0.3, -0.25) is 0 Å². The largest absolute Gasteiger partial charge is 0.461 e. The highest BCUT2D eigenvalue weighted by Gasteiger charge is 2.25. The summed E-state index contributed by atoms with van der Waals surface area (Å²) in [6, 6.07) is 15.1. The van der Waals surface area contributed by atoms with Gasteiger partial charge in [-0.1, -0.05) is 36.4 Å². The monoisotopic (exact) mass is 333 g/mol. The van der Waals surface area contributed by atoms with Crippen LogP contribution in [0.2, 0.25) is 0 Å². The van der Waals surface area contributed by atoms with Gasteiger partial charge in [0, 0.05) is 32.9 Å². The van der Waals surface area contributed by atoms with E-state index in [0.29, 0.717) is 16.8 Å². The molecule has 0 fully saturated rings. The highest BCUT2D eigenvalue weighted by atomic mass is 16.5. The molecular weight excluding hydrogens is 318 g/mol. The van der Waals surface area contributed by atoms with Crippen LogP contribution in [0.15, 0.2) is 53.7 Å². The summed E-state index contributed by atoms with van der Waals surface area (Å²) < 4.78 is 5.19. The van der Waals surface area contributed by atoms with Crippen LogP contribution in [-0.4, -0.2) is 22.5 Å². The molecule has 0 saturated carbocycles. The average molecular weight is 333 g/mol. The Kier molecular flexibility index (Phi) is 3.57. The number of ether oxygens (including phenoxy) is 1. The van der Waals surface area contributed by atoms with Crippen molar-refractivity contribution in [1.29, 1.82) is 0 Å². The molecule has 0 saturated heterocycles. The molecule has 0 aliphatic carbocycles. The molecule has 0 spiro atoms. The molecule has 0 radical (unpaired) electrons. The quantitative estimate of drug-likeness (QED) is 0.412. The maximum Gasteiger partial charge on any atom is 0.355 e. The first-order valence-electron chi connectivity index (χ1n) is 7.96. The summed E-state index contributed by atoms with van der Waals surface area (Å²) >= 11 is 0. The van der Waals surface area contributed by atoms with Crippen LogP contribution in [0.3, 0.4) is 0 Å². The van der Waals surface area contributed by atoms with Gasteiger partial charge in [0.15, 0.2) is 5.82 Å². The molecule has 2 aromatic carbocycles. The zero-order valence-corrected chi connectivity index (χ0v) is 13.5. The Bertz CT molecular complexity index is 1110. The van der Waals surface area contributed by atoms with Gasteiger partial charge in [-0.05, 0) is 24.2 Å². The third kappa shape index (κ3) is 2.30. The van der Waals surface area contributed by atoms with Crippen molar-refractivity contribution in [2.75, 3.05) is 6.61 Å². The summed E-state index contributed by atoms with van der Waals surface area (Å²) in [4.78, 5) is 30.1. The minimum absolute atomic E-state index is 0.191. The van der Waals surface area contributed by atoms with E-state index in [9.17, 15) is 9.70 Å². The zero-order valence-electron chi connectivity index (χ0n) is 13.5. The number of fused-ring (bicyclic) bond motifs is 2. The second kappa shape index (κ2) is 5.90. The topological polar surface area (TPSA) is 87.3 Å². The number of esters is 1. The summed E-state index contributed by atoms with van der Waals surface area (Å²) in [7, 11) is 0. The van der Waals surface area contributed by atoms with Crippen molar-refractivity contribution >= 4 is 33.6 Å². The molecule has 0 bridgehead atoms. The van der Waals surface area contributed by atoms with E-state index in [2.05, 4.69) is 15.1 Å². The number of rotatable bonds is 4. The number of carbonyl (C=O) groups is 1. The number of aromatic nitrogens is 2. The Balaban J connectivity index is 2.12. The van der Waals surface area contributed by atoms with Gasteiger partial charge in [-0.15, -0.1) is 4.91 Å². The molecule has 124 valence electrons. The molecule has 0 aliphatic heterocycles. The van der Waals surface area contributed by atoms with Crippen LogP contribution in [0.5, 0.6) is 0 Å². The lowest BCUT2D eigenvalue weighted by Gasteiger charge is -2.05. The fraction of sp³-hybridized carbons (Fsp3) is 0.105. The third-order valence-corrected chi connectivity index (χ3v) is 4.21. The van der Waals surface area contributed by atoms with Gasteiger partial charge in [-0.2, -0.15) is 0 Å². The smallest absolute Gasteiger partial charge is 0.355 e. The second-order valence-electron chi connectivity index (χ2n) is 5.63. The highest BCUT2D eigenvalue weighted by Crippen LogP contribution is 2.42. The molecule has 0 aliphatic rings. The van der Waals surface area contributed by atoms with E-state index in [-0.39, 0.29) is 12.4 Å². The number of carbonyl (C=O) groups excluding carboxylic acids is 1. The van der Waals surface area contributed by atoms with Gasteiger partial charge in [0.05, 0.1) is 6.61 Å². The summed E-state index contributed by atoms with van der Waals surface area (Å²) in [5, 5.41) is 4.81. The molecule has 2 N–H and O–H groups in total. The minimum Gasteiger partial charge on any atom is -0.461 e. The van der Waals surface area contributed by atoms with E-state index in [4.69, 9.17) is 4.74 Å². The van der Waals surface area contributed by atoms with Gasteiger partial charge >= 0.3 is 5.97 Å². The zero-order chi connectivity index (χ0) is 17.4. The van der Waals surface area contributed by atoms with Crippen LogP contribution in [-0.2, 0) is 4.74 Å². The number of nitroso groups, excluding NO2 is 1. The summed E-state index contributed by atoms with van der Waals surface area (Å²) in [6.45, 7) is 2.02. The number of hydrogen-bond donors (Lipinski definition) is 2. The molecule has 0 unspecified atom stereocenters.